The van der Waals surface area contributed by atoms with E-state index >= 15 is 0 Å². The largest absolute Gasteiger partial charge is 0.481 e. The van der Waals surface area contributed by atoms with Gasteiger partial charge in [-0.3, -0.25) is 9.69 Å². The maximum atomic E-state index is 12.9. The van der Waals surface area contributed by atoms with E-state index < -0.39 is 6.10 Å². The molecule has 164 valence electrons. The average molecular weight is 423 g/mol. The first kappa shape index (κ1) is 20.2. The molecule has 2 aromatic rings. The summed E-state index contributed by atoms with van der Waals surface area (Å²) >= 11 is 0. The van der Waals surface area contributed by atoms with E-state index in [2.05, 4.69) is 23.1 Å². The molecule has 3 aliphatic rings. The van der Waals surface area contributed by atoms with Crippen molar-refractivity contribution in [2.45, 2.75) is 45.3 Å². The highest BCUT2D eigenvalue weighted by Crippen LogP contribution is 2.33. The van der Waals surface area contributed by atoms with Gasteiger partial charge in [-0.15, -0.1) is 0 Å². The van der Waals surface area contributed by atoms with Crippen LogP contribution in [0.1, 0.15) is 36.5 Å². The maximum Gasteiger partial charge on any atom is 0.263 e. The van der Waals surface area contributed by atoms with Crippen molar-refractivity contribution < 1.29 is 19.0 Å². The van der Waals surface area contributed by atoms with Crippen molar-refractivity contribution >= 4 is 5.91 Å². The van der Waals surface area contributed by atoms with E-state index in [1.54, 1.807) is 0 Å². The summed E-state index contributed by atoms with van der Waals surface area (Å²) in [7, 11) is 0. The molecule has 5 rings (SSSR count). The van der Waals surface area contributed by atoms with Gasteiger partial charge < -0.3 is 19.1 Å². The monoisotopic (exact) mass is 422 g/mol. The van der Waals surface area contributed by atoms with E-state index in [-0.39, 0.29) is 5.91 Å². The van der Waals surface area contributed by atoms with Crippen LogP contribution >= 0.6 is 0 Å². The van der Waals surface area contributed by atoms with Crippen molar-refractivity contribution in [3.8, 4) is 17.2 Å². The number of aryl methyl sites for hydroxylation is 2. The summed E-state index contributed by atoms with van der Waals surface area (Å²) in [4.78, 5) is 17.2. The lowest BCUT2D eigenvalue weighted by Gasteiger charge is -2.36. The second-order valence-corrected chi connectivity index (χ2v) is 8.69. The van der Waals surface area contributed by atoms with Crippen molar-refractivity contribution in [3.63, 3.8) is 0 Å². The molecule has 0 radical (unpaired) electrons. The zero-order chi connectivity index (χ0) is 21.2. The van der Waals surface area contributed by atoms with Crippen LogP contribution in [-0.2, 0) is 24.2 Å². The minimum absolute atomic E-state index is 0.0699. The molecular weight excluding hydrogens is 392 g/mol. The Bertz CT molecular complexity index is 953. The second-order valence-electron chi connectivity index (χ2n) is 8.69. The van der Waals surface area contributed by atoms with Gasteiger partial charge in [-0.05, 0) is 73.6 Å². The first-order valence-corrected chi connectivity index (χ1v) is 11.3. The Morgan fingerprint density at radius 2 is 1.74 bits per heavy atom. The van der Waals surface area contributed by atoms with Gasteiger partial charge in [0.05, 0.1) is 0 Å². The fraction of sp³-hybridized carbons (Fsp3) is 0.480. The standard InChI is InChI=1S/C25H30N2O4/c1-18(31-22-8-7-20-4-2-3-5-21(20)15-22)25(28)27-12-10-26(11-13-27)16-19-6-9-23-24(14-19)30-17-29-23/h6-9,14-15,18H,2-5,10-13,16-17H2,1H3/t18-/m0/s1. The molecule has 2 aliphatic heterocycles. The highest BCUT2D eigenvalue weighted by atomic mass is 16.7. The number of piperazine rings is 1. The van der Waals surface area contributed by atoms with Gasteiger partial charge in [0, 0.05) is 32.7 Å². The van der Waals surface area contributed by atoms with E-state index in [0.29, 0.717) is 6.79 Å². The number of benzene rings is 2. The molecule has 0 bridgehead atoms. The third-order valence-electron chi connectivity index (χ3n) is 6.51. The zero-order valence-electron chi connectivity index (χ0n) is 18.1. The summed E-state index contributed by atoms with van der Waals surface area (Å²) < 4.78 is 16.9. The number of ether oxygens (including phenoxy) is 3. The predicted molar refractivity (Wildman–Crippen MR) is 118 cm³/mol. The van der Waals surface area contributed by atoms with Crippen LogP contribution in [0.2, 0.25) is 0 Å². The molecule has 0 aromatic heterocycles. The quantitative estimate of drug-likeness (QED) is 0.739. The third kappa shape index (κ3) is 4.49. The lowest BCUT2D eigenvalue weighted by Crippen LogP contribution is -2.51. The van der Waals surface area contributed by atoms with Gasteiger partial charge in [-0.2, -0.15) is 0 Å². The lowest BCUT2D eigenvalue weighted by molar-refractivity contribution is -0.139. The number of nitrogens with zero attached hydrogens (tertiary/aromatic N) is 2. The summed E-state index contributed by atoms with van der Waals surface area (Å²) in [6.45, 7) is 6.16. The van der Waals surface area contributed by atoms with Crippen LogP contribution in [0.3, 0.4) is 0 Å². The first-order chi connectivity index (χ1) is 15.2. The zero-order valence-corrected chi connectivity index (χ0v) is 18.1. The third-order valence-corrected chi connectivity index (χ3v) is 6.51. The molecule has 0 unspecified atom stereocenters. The van der Waals surface area contributed by atoms with Crippen LogP contribution in [0, 0.1) is 0 Å². The van der Waals surface area contributed by atoms with Gasteiger partial charge >= 0.3 is 0 Å². The van der Waals surface area contributed by atoms with E-state index in [1.165, 1.54) is 29.5 Å². The van der Waals surface area contributed by atoms with Crippen molar-refractivity contribution in [1.29, 1.82) is 0 Å². The fourth-order valence-corrected chi connectivity index (χ4v) is 4.72. The van der Waals surface area contributed by atoms with Crippen molar-refractivity contribution in [2.75, 3.05) is 33.0 Å². The highest BCUT2D eigenvalue weighted by molar-refractivity contribution is 5.81. The summed E-state index contributed by atoms with van der Waals surface area (Å²) in [5.41, 5.74) is 4.00. The number of hydrogen-bond donors (Lipinski definition) is 0. The molecule has 1 aliphatic carbocycles. The first-order valence-electron chi connectivity index (χ1n) is 11.3. The van der Waals surface area contributed by atoms with Crippen LogP contribution in [0.25, 0.3) is 0 Å². The van der Waals surface area contributed by atoms with Crippen LogP contribution < -0.4 is 14.2 Å². The Hall–Kier alpha value is -2.73. The molecule has 6 heteroatoms. The molecule has 1 saturated heterocycles. The molecule has 0 saturated carbocycles. The van der Waals surface area contributed by atoms with Gasteiger partial charge in [0.25, 0.3) is 5.91 Å². The van der Waals surface area contributed by atoms with E-state index in [0.717, 1.165) is 62.8 Å². The molecular formula is C25H30N2O4. The number of rotatable bonds is 5. The normalized spacial score (nSPS) is 19.1. The van der Waals surface area contributed by atoms with Gasteiger partial charge in [-0.1, -0.05) is 12.1 Å². The predicted octanol–water partition coefficient (Wildman–Crippen LogP) is 3.41. The second kappa shape index (κ2) is 8.79. The smallest absolute Gasteiger partial charge is 0.263 e. The SMILES string of the molecule is C[C@H](Oc1ccc2c(c1)CCCC2)C(=O)N1CCN(Cc2ccc3c(c2)OCO3)CC1. The number of amides is 1. The lowest BCUT2D eigenvalue weighted by atomic mass is 9.92. The summed E-state index contributed by atoms with van der Waals surface area (Å²) in [6.07, 6.45) is 4.30. The minimum Gasteiger partial charge on any atom is -0.481 e. The molecule has 2 aromatic carbocycles. The van der Waals surface area contributed by atoms with Crippen LogP contribution in [0.5, 0.6) is 17.2 Å². The summed E-state index contributed by atoms with van der Waals surface area (Å²) in [5, 5.41) is 0. The Labute approximate surface area is 183 Å². The van der Waals surface area contributed by atoms with Crippen molar-refractivity contribution in [3.05, 3.63) is 53.1 Å². The fourth-order valence-electron chi connectivity index (χ4n) is 4.72. The average Bonchev–Trinajstić information content (AvgIpc) is 3.27. The van der Waals surface area contributed by atoms with Crippen molar-refractivity contribution in [2.24, 2.45) is 0 Å². The molecule has 31 heavy (non-hydrogen) atoms. The molecule has 1 amide bonds. The Morgan fingerprint density at radius 3 is 2.58 bits per heavy atom. The number of fused-ring (bicyclic) bond motifs is 2. The minimum atomic E-state index is -0.470. The van der Waals surface area contributed by atoms with E-state index in [9.17, 15) is 4.79 Å². The van der Waals surface area contributed by atoms with E-state index in [4.69, 9.17) is 14.2 Å². The number of carbonyl (C=O) groups excluding carboxylic acids is 1. The Kier molecular flexibility index (Phi) is 5.72. The Morgan fingerprint density at radius 1 is 0.968 bits per heavy atom. The number of hydrogen-bond acceptors (Lipinski definition) is 5. The number of carbonyl (C=O) groups is 1. The molecule has 0 spiro atoms. The van der Waals surface area contributed by atoms with Crippen molar-refractivity contribution in [1.82, 2.24) is 9.80 Å². The topological polar surface area (TPSA) is 51.2 Å². The van der Waals surface area contributed by atoms with Gasteiger partial charge in [-0.25, -0.2) is 0 Å². The summed E-state index contributed by atoms with van der Waals surface area (Å²) in [6, 6.07) is 12.4. The van der Waals surface area contributed by atoms with Gasteiger partial charge in [0.1, 0.15) is 5.75 Å². The Balaban J connectivity index is 1.13. The highest BCUT2D eigenvalue weighted by Gasteiger charge is 2.26. The maximum absolute atomic E-state index is 12.9. The molecule has 1 fully saturated rings. The molecule has 2 heterocycles. The molecule has 6 nitrogen and oxygen atoms in total. The molecule has 0 N–H and O–H groups in total. The molecule has 1 atom stereocenters. The van der Waals surface area contributed by atoms with E-state index in [1.807, 2.05) is 30.0 Å². The van der Waals surface area contributed by atoms with Gasteiger partial charge in [0.15, 0.2) is 17.6 Å². The summed E-state index contributed by atoms with van der Waals surface area (Å²) in [5.74, 6) is 2.51. The van der Waals surface area contributed by atoms with Crippen LogP contribution in [-0.4, -0.2) is 54.8 Å². The van der Waals surface area contributed by atoms with Crippen LogP contribution in [0.4, 0.5) is 0 Å². The van der Waals surface area contributed by atoms with Crippen LogP contribution in [0.15, 0.2) is 36.4 Å². The van der Waals surface area contributed by atoms with Gasteiger partial charge in [0.2, 0.25) is 6.79 Å².